The van der Waals surface area contributed by atoms with Crippen LogP contribution < -0.4 is 4.80 Å². The summed E-state index contributed by atoms with van der Waals surface area (Å²) in [4.78, 5) is 17.9. The van der Waals surface area contributed by atoms with Crippen molar-refractivity contribution in [3.63, 3.8) is 0 Å². The van der Waals surface area contributed by atoms with Gasteiger partial charge in [0.15, 0.2) is 14.6 Å². The highest BCUT2D eigenvalue weighted by molar-refractivity contribution is 7.90. The maximum atomic E-state index is 13.0. The van der Waals surface area contributed by atoms with E-state index in [4.69, 9.17) is 4.74 Å². The van der Waals surface area contributed by atoms with E-state index in [2.05, 4.69) is 4.99 Å². The molecule has 2 heterocycles. The van der Waals surface area contributed by atoms with Gasteiger partial charge >= 0.3 is 0 Å². The summed E-state index contributed by atoms with van der Waals surface area (Å²) >= 11 is 1.20. The monoisotopic (exact) mass is 489 g/mol. The predicted octanol–water partition coefficient (Wildman–Crippen LogP) is 1.38. The highest BCUT2D eigenvalue weighted by Crippen LogP contribution is 2.23. The molecule has 0 N–H and O–H groups in total. The van der Waals surface area contributed by atoms with Gasteiger partial charge in [-0.15, -0.1) is 0 Å². The Bertz CT molecular complexity index is 1240. The van der Waals surface area contributed by atoms with Crippen LogP contribution in [0.2, 0.25) is 0 Å². The van der Waals surface area contributed by atoms with Gasteiger partial charge in [-0.1, -0.05) is 17.8 Å². The minimum Gasteiger partial charge on any atom is -0.380 e. The largest absolute Gasteiger partial charge is 0.380 e. The number of thiazole rings is 1. The number of hydrogen-bond donors (Lipinski definition) is 0. The number of amides is 1. The second-order valence-corrected chi connectivity index (χ2v) is 12.4. The predicted molar refractivity (Wildman–Crippen MR) is 119 cm³/mol. The molecular weight excluding hydrogens is 462 g/mol. The van der Waals surface area contributed by atoms with Crippen LogP contribution >= 0.6 is 11.3 Å². The Morgan fingerprint density at radius 1 is 1.23 bits per heavy atom. The summed E-state index contributed by atoms with van der Waals surface area (Å²) < 4.78 is 57.3. The normalized spacial score (nSPS) is 19.2. The van der Waals surface area contributed by atoms with Gasteiger partial charge in [-0.25, -0.2) is 16.8 Å². The first-order valence-electron chi connectivity index (χ1n) is 9.99. The van der Waals surface area contributed by atoms with E-state index in [1.165, 1.54) is 21.7 Å². The molecule has 1 atom stereocenters. The lowest BCUT2D eigenvalue weighted by molar-refractivity contribution is -0.122. The van der Waals surface area contributed by atoms with Gasteiger partial charge in [0.1, 0.15) is 6.04 Å². The van der Waals surface area contributed by atoms with Gasteiger partial charge in [0.25, 0.3) is 5.91 Å². The van der Waals surface area contributed by atoms with E-state index in [1.807, 2.05) is 11.5 Å². The van der Waals surface area contributed by atoms with E-state index in [0.717, 1.165) is 24.4 Å². The summed E-state index contributed by atoms with van der Waals surface area (Å²) in [5.41, 5.74) is 0.743. The molecule has 1 unspecified atom stereocenters. The first kappa shape index (κ1) is 24.1. The lowest BCUT2D eigenvalue weighted by Gasteiger charge is -2.31. The summed E-state index contributed by atoms with van der Waals surface area (Å²) in [5.74, 6) is -0.509. The van der Waals surface area contributed by atoms with Gasteiger partial charge in [-0.3, -0.25) is 4.79 Å². The molecule has 3 rings (SSSR count). The van der Waals surface area contributed by atoms with Crippen molar-refractivity contribution >= 4 is 47.3 Å². The average Bonchev–Trinajstić information content (AvgIpc) is 3.03. The minimum atomic E-state index is -3.52. The Hall–Kier alpha value is -1.60. The van der Waals surface area contributed by atoms with E-state index in [-0.39, 0.29) is 4.90 Å². The second kappa shape index (κ2) is 9.49. The highest BCUT2D eigenvalue weighted by atomic mass is 32.2. The van der Waals surface area contributed by atoms with Gasteiger partial charge in [-0.05, 0) is 38.0 Å². The first-order chi connectivity index (χ1) is 14.5. The smallest absolute Gasteiger partial charge is 0.266 e. The van der Waals surface area contributed by atoms with Crippen LogP contribution in [0.3, 0.4) is 0 Å². The Kier molecular flexibility index (Phi) is 7.36. The van der Waals surface area contributed by atoms with Crippen LogP contribution in [0.25, 0.3) is 10.2 Å². The molecule has 31 heavy (non-hydrogen) atoms. The molecule has 1 aliphatic rings. The molecule has 1 saturated heterocycles. The molecule has 0 bridgehead atoms. The molecule has 9 nitrogen and oxygen atoms in total. The Morgan fingerprint density at radius 3 is 2.61 bits per heavy atom. The lowest BCUT2D eigenvalue weighted by Crippen LogP contribution is -2.47. The second-order valence-electron chi connectivity index (χ2n) is 7.47. The maximum absolute atomic E-state index is 13.0. The summed E-state index contributed by atoms with van der Waals surface area (Å²) in [6.07, 6.45) is 4.14. The molecule has 0 spiro atoms. The molecule has 0 radical (unpaired) electrons. The van der Waals surface area contributed by atoms with Crippen LogP contribution in [0.5, 0.6) is 0 Å². The molecule has 1 aromatic heterocycles. The van der Waals surface area contributed by atoms with Gasteiger partial charge in [0, 0.05) is 26.0 Å². The van der Waals surface area contributed by atoms with Crippen molar-refractivity contribution in [3.05, 3.63) is 23.0 Å². The van der Waals surface area contributed by atoms with Crippen LogP contribution in [0.4, 0.5) is 0 Å². The van der Waals surface area contributed by atoms with Crippen molar-refractivity contribution < 1.29 is 26.4 Å². The van der Waals surface area contributed by atoms with Crippen LogP contribution in [0.15, 0.2) is 28.1 Å². The van der Waals surface area contributed by atoms with Crippen molar-refractivity contribution in [2.75, 3.05) is 32.3 Å². The number of hydrogen-bond acceptors (Lipinski definition) is 7. The summed E-state index contributed by atoms with van der Waals surface area (Å²) in [6.45, 7) is 3.55. The van der Waals surface area contributed by atoms with Gasteiger partial charge in [-0.2, -0.15) is 9.30 Å². The molecule has 1 aliphatic heterocycles. The van der Waals surface area contributed by atoms with Crippen molar-refractivity contribution in [1.82, 2.24) is 8.87 Å². The van der Waals surface area contributed by atoms with E-state index in [1.54, 1.807) is 12.1 Å². The first-order valence-corrected chi connectivity index (χ1v) is 14.5. The zero-order chi connectivity index (χ0) is 22.8. The molecule has 1 amide bonds. The third-order valence-corrected chi connectivity index (χ3v) is 8.56. The van der Waals surface area contributed by atoms with Crippen molar-refractivity contribution in [2.24, 2.45) is 4.99 Å². The molecule has 1 fully saturated rings. The molecule has 172 valence electrons. The summed E-state index contributed by atoms with van der Waals surface area (Å²) in [6, 6.07) is 3.97. The van der Waals surface area contributed by atoms with E-state index in [9.17, 15) is 21.6 Å². The fraction of sp³-hybridized carbons (Fsp3) is 0.579. The number of benzene rings is 1. The highest BCUT2D eigenvalue weighted by Gasteiger charge is 2.34. The Balaban J connectivity index is 2.08. The number of sulfonamides is 1. The zero-order valence-corrected chi connectivity index (χ0v) is 20.2. The minimum absolute atomic E-state index is 0.187. The van der Waals surface area contributed by atoms with Crippen LogP contribution in [0.1, 0.15) is 26.2 Å². The fourth-order valence-electron chi connectivity index (χ4n) is 3.60. The van der Waals surface area contributed by atoms with Gasteiger partial charge < -0.3 is 9.30 Å². The number of rotatable bonds is 7. The number of carbonyl (C=O) groups excluding carboxylic acids is 1. The molecule has 2 aromatic rings. The molecule has 0 aliphatic carbocycles. The fourth-order valence-corrected chi connectivity index (χ4v) is 6.54. The summed E-state index contributed by atoms with van der Waals surface area (Å²) in [5, 5.41) is 0. The third-order valence-electron chi connectivity index (χ3n) is 5.12. The zero-order valence-electron chi connectivity index (χ0n) is 17.8. The summed E-state index contributed by atoms with van der Waals surface area (Å²) in [7, 11) is -6.91. The Labute approximate surface area is 186 Å². The topological polar surface area (TPSA) is 115 Å². The standard InChI is InChI=1S/C19H27N3O6S3/c1-4-28-12-11-21-15-9-8-14(30(2,24)25)13-17(15)29-19(21)20-18(23)16-7-5-6-10-22(16)31(3,26)27/h8-9,13,16H,4-7,10-12H2,1-3H3. The Morgan fingerprint density at radius 2 is 1.97 bits per heavy atom. The quantitative estimate of drug-likeness (QED) is 0.543. The number of ether oxygens (including phenoxy) is 1. The van der Waals surface area contributed by atoms with Crippen LogP contribution in [-0.2, 0) is 35.9 Å². The lowest BCUT2D eigenvalue weighted by atomic mass is 10.0. The molecule has 12 heteroatoms. The van der Waals surface area contributed by atoms with Crippen LogP contribution in [0, 0.1) is 0 Å². The number of carbonyl (C=O) groups is 1. The van der Waals surface area contributed by atoms with E-state index in [0.29, 0.717) is 48.6 Å². The van der Waals surface area contributed by atoms with Crippen molar-refractivity contribution in [1.29, 1.82) is 0 Å². The average molecular weight is 490 g/mol. The van der Waals surface area contributed by atoms with E-state index >= 15 is 0 Å². The van der Waals surface area contributed by atoms with Crippen LogP contribution in [-0.4, -0.2) is 69.9 Å². The molecule has 1 aromatic carbocycles. The molecular formula is C19H27N3O6S3. The number of aromatic nitrogens is 1. The number of piperidine rings is 1. The van der Waals surface area contributed by atoms with Crippen molar-refractivity contribution in [3.8, 4) is 0 Å². The van der Waals surface area contributed by atoms with Gasteiger partial charge in [0.05, 0.1) is 28.0 Å². The third kappa shape index (κ3) is 5.61. The number of fused-ring (bicyclic) bond motifs is 1. The SMILES string of the molecule is CCOCCn1c(=NC(=O)C2CCCCN2S(C)(=O)=O)sc2cc(S(C)(=O)=O)ccc21. The maximum Gasteiger partial charge on any atom is 0.266 e. The van der Waals surface area contributed by atoms with Crippen molar-refractivity contribution in [2.45, 2.75) is 43.7 Å². The molecule has 0 saturated carbocycles. The number of nitrogens with zero attached hydrogens (tertiary/aromatic N) is 3. The van der Waals surface area contributed by atoms with E-state index < -0.39 is 31.8 Å². The number of sulfone groups is 1. The van der Waals surface area contributed by atoms with Gasteiger partial charge in [0.2, 0.25) is 10.0 Å².